The molecule has 0 bridgehead atoms. The zero-order chi connectivity index (χ0) is 25.9. The summed E-state index contributed by atoms with van der Waals surface area (Å²) in [5.74, 6) is -2.15. The molecule has 1 aliphatic rings. The van der Waals surface area contributed by atoms with Crippen molar-refractivity contribution < 1.29 is 37.0 Å². The molecule has 1 heterocycles. The van der Waals surface area contributed by atoms with Crippen molar-refractivity contribution in [2.45, 2.75) is 45.1 Å². The minimum Gasteiger partial charge on any atom is -0.479 e. The van der Waals surface area contributed by atoms with E-state index in [-0.39, 0.29) is 23.9 Å². The zero-order valence-corrected chi connectivity index (χ0v) is 19.9. The Bertz CT molecular complexity index is 1100. The molecule has 11 heteroatoms. The summed E-state index contributed by atoms with van der Waals surface area (Å²) < 4.78 is 58.0. The maximum Gasteiger partial charge on any atom is 0.416 e. The van der Waals surface area contributed by atoms with Gasteiger partial charge in [-0.2, -0.15) is 13.2 Å². The number of halogens is 5. The number of alkyl halides is 3. The van der Waals surface area contributed by atoms with Crippen LogP contribution in [0.4, 0.5) is 17.6 Å². The highest BCUT2D eigenvalue weighted by Gasteiger charge is 2.32. The van der Waals surface area contributed by atoms with Gasteiger partial charge in [0.15, 0.2) is 6.10 Å². The summed E-state index contributed by atoms with van der Waals surface area (Å²) in [6, 6.07) is 6.84. The normalized spacial score (nSPS) is 17.8. The number of piperazine rings is 1. The lowest BCUT2D eigenvalue weighted by molar-refractivity contribution is -0.144. The van der Waals surface area contributed by atoms with Crippen LogP contribution in [0.25, 0.3) is 0 Å². The maximum atomic E-state index is 14.2. The molecule has 0 saturated carbocycles. The summed E-state index contributed by atoms with van der Waals surface area (Å²) in [5.41, 5.74) is -0.495. The van der Waals surface area contributed by atoms with Crippen molar-refractivity contribution in [2.24, 2.45) is 0 Å². The first kappa shape index (κ1) is 26.7. The first-order chi connectivity index (χ1) is 16.3. The number of carbonyl (C=O) groups excluding carboxylic acids is 1. The van der Waals surface area contributed by atoms with Crippen LogP contribution < -0.4 is 4.74 Å². The van der Waals surface area contributed by atoms with E-state index < -0.39 is 29.6 Å². The Morgan fingerprint density at radius 2 is 1.89 bits per heavy atom. The SMILES string of the molecule is C[C@H](Oc1ccc(Cl)cc1CN1CCN(C(=O)Cc2ccc(C(F)(F)F)cc2F)[C@@H](C)C1)C(=O)O. The Morgan fingerprint density at radius 3 is 2.49 bits per heavy atom. The first-order valence-corrected chi connectivity index (χ1v) is 11.3. The largest absolute Gasteiger partial charge is 0.479 e. The second-order valence-electron chi connectivity index (χ2n) is 8.50. The predicted octanol–water partition coefficient (Wildman–Crippen LogP) is 4.63. The first-order valence-electron chi connectivity index (χ1n) is 10.9. The number of amides is 1. The van der Waals surface area contributed by atoms with Crippen LogP contribution in [0.3, 0.4) is 0 Å². The fourth-order valence-corrected chi connectivity index (χ4v) is 4.14. The van der Waals surface area contributed by atoms with Crippen LogP contribution in [0.5, 0.6) is 5.75 Å². The van der Waals surface area contributed by atoms with Gasteiger partial charge in [-0.25, -0.2) is 9.18 Å². The van der Waals surface area contributed by atoms with E-state index >= 15 is 0 Å². The number of rotatable bonds is 7. The number of ether oxygens (including phenoxy) is 1. The van der Waals surface area contributed by atoms with Gasteiger partial charge in [-0.15, -0.1) is 0 Å². The third-order valence-corrected chi connectivity index (χ3v) is 6.06. The van der Waals surface area contributed by atoms with E-state index in [0.717, 1.165) is 12.1 Å². The molecule has 0 spiro atoms. The van der Waals surface area contributed by atoms with Gasteiger partial charge in [0.05, 0.1) is 12.0 Å². The van der Waals surface area contributed by atoms with Gasteiger partial charge >= 0.3 is 12.1 Å². The van der Waals surface area contributed by atoms with Gasteiger partial charge in [0.1, 0.15) is 11.6 Å². The lowest BCUT2D eigenvalue weighted by Gasteiger charge is -2.40. The highest BCUT2D eigenvalue weighted by atomic mass is 35.5. The number of carboxylic acids is 1. The number of hydrogen-bond donors (Lipinski definition) is 1. The van der Waals surface area contributed by atoms with Crippen molar-refractivity contribution in [1.29, 1.82) is 0 Å². The molecular weight excluding hydrogens is 492 g/mol. The molecule has 0 aromatic heterocycles. The molecule has 2 aromatic carbocycles. The summed E-state index contributed by atoms with van der Waals surface area (Å²) in [7, 11) is 0. The molecular formula is C24H25ClF4N2O4. The van der Waals surface area contributed by atoms with Crippen molar-refractivity contribution in [2.75, 3.05) is 19.6 Å². The van der Waals surface area contributed by atoms with E-state index in [1.165, 1.54) is 6.92 Å². The molecule has 190 valence electrons. The van der Waals surface area contributed by atoms with Gasteiger partial charge < -0.3 is 14.7 Å². The van der Waals surface area contributed by atoms with E-state index in [0.29, 0.717) is 48.6 Å². The molecule has 0 radical (unpaired) electrons. The Balaban J connectivity index is 1.64. The van der Waals surface area contributed by atoms with Gasteiger partial charge in [0, 0.05) is 42.8 Å². The number of carboxylic acid groups (broad SMARTS) is 1. The van der Waals surface area contributed by atoms with E-state index in [1.807, 2.05) is 6.92 Å². The molecule has 1 N–H and O–H groups in total. The van der Waals surface area contributed by atoms with Crippen LogP contribution >= 0.6 is 11.6 Å². The quantitative estimate of drug-likeness (QED) is 0.544. The van der Waals surface area contributed by atoms with Crippen LogP contribution in [0.15, 0.2) is 36.4 Å². The van der Waals surface area contributed by atoms with Crippen molar-refractivity contribution in [1.82, 2.24) is 9.80 Å². The van der Waals surface area contributed by atoms with E-state index in [1.54, 1.807) is 23.1 Å². The van der Waals surface area contributed by atoms with Gasteiger partial charge in [0.2, 0.25) is 5.91 Å². The Morgan fingerprint density at radius 1 is 1.17 bits per heavy atom. The lowest BCUT2D eigenvalue weighted by atomic mass is 10.1. The van der Waals surface area contributed by atoms with Crippen molar-refractivity contribution >= 4 is 23.5 Å². The predicted molar refractivity (Wildman–Crippen MR) is 121 cm³/mol. The van der Waals surface area contributed by atoms with E-state index in [2.05, 4.69) is 4.90 Å². The number of hydrogen-bond acceptors (Lipinski definition) is 4. The topological polar surface area (TPSA) is 70.1 Å². The fourth-order valence-electron chi connectivity index (χ4n) is 3.95. The Hall–Kier alpha value is -2.85. The van der Waals surface area contributed by atoms with Crippen LogP contribution in [-0.2, 0) is 28.7 Å². The van der Waals surface area contributed by atoms with Crippen molar-refractivity contribution in [3.05, 3.63) is 63.9 Å². The molecule has 3 rings (SSSR count). The highest BCUT2D eigenvalue weighted by Crippen LogP contribution is 2.31. The van der Waals surface area contributed by atoms with E-state index in [9.17, 15) is 27.2 Å². The summed E-state index contributed by atoms with van der Waals surface area (Å²) in [6.07, 6.45) is -6.05. The van der Waals surface area contributed by atoms with Gasteiger partial charge in [-0.3, -0.25) is 9.69 Å². The molecule has 0 unspecified atom stereocenters. The average molecular weight is 517 g/mol. The summed E-state index contributed by atoms with van der Waals surface area (Å²) in [5, 5.41) is 9.59. The Kier molecular flexibility index (Phi) is 8.27. The minimum atomic E-state index is -4.66. The van der Waals surface area contributed by atoms with Crippen LogP contribution in [0.1, 0.15) is 30.5 Å². The molecule has 2 atom stereocenters. The molecule has 6 nitrogen and oxygen atoms in total. The van der Waals surface area contributed by atoms with E-state index in [4.69, 9.17) is 21.4 Å². The smallest absolute Gasteiger partial charge is 0.416 e. The lowest BCUT2D eigenvalue weighted by Crippen LogP contribution is -2.54. The summed E-state index contributed by atoms with van der Waals surface area (Å²) in [4.78, 5) is 27.6. The average Bonchev–Trinajstić information content (AvgIpc) is 2.76. The fraction of sp³-hybridized carbons (Fsp3) is 0.417. The number of nitrogens with zero attached hydrogens (tertiary/aromatic N) is 2. The second-order valence-corrected chi connectivity index (χ2v) is 8.94. The monoisotopic (exact) mass is 516 g/mol. The summed E-state index contributed by atoms with van der Waals surface area (Å²) >= 11 is 6.12. The van der Waals surface area contributed by atoms with Crippen LogP contribution in [-0.4, -0.2) is 58.6 Å². The van der Waals surface area contributed by atoms with Crippen LogP contribution in [0.2, 0.25) is 5.02 Å². The molecule has 1 saturated heterocycles. The van der Waals surface area contributed by atoms with Gasteiger partial charge in [-0.05, 0) is 49.7 Å². The summed E-state index contributed by atoms with van der Waals surface area (Å²) in [6.45, 7) is 4.95. The maximum absolute atomic E-state index is 14.2. The molecule has 1 aliphatic heterocycles. The molecule has 1 fully saturated rings. The minimum absolute atomic E-state index is 0.0918. The molecule has 2 aromatic rings. The molecule has 0 aliphatic carbocycles. The standard InChI is InChI=1S/C24H25ClF4N2O4/c1-14-12-30(13-17-9-19(25)5-6-21(17)35-15(2)23(33)34)7-8-31(14)22(32)10-16-3-4-18(11-20(16)26)24(27,28)29/h3-6,9,11,14-15H,7-8,10,12-13H2,1-2H3,(H,33,34)/t14-,15-/m0/s1. The Labute approximate surface area is 205 Å². The third kappa shape index (κ3) is 6.85. The number of benzene rings is 2. The zero-order valence-electron chi connectivity index (χ0n) is 19.1. The van der Waals surface area contributed by atoms with Crippen molar-refractivity contribution in [3.63, 3.8) is 0 Å². The van der Waals surface area contributed by atoms with Crippen molar-refractivity contribution in [3.8, 4) is 5.75 Å². The highest BCUT2D eigenvalue weighted by molar-refractivity contribution is 6.30. The number of carbonyl (C=O) groups is 2. The van der Waals surface area contributed by atoms with Gasteiger partial charge in [0.25, 0.3) is 0 Å². The molecule has 1 amide bonds. The van der Waals surface area contributed by atoms with Gasteiger partial charge in [-0.1, -0.05) is 17.7 Å². The number of aliphatic carboxylic acids is 1. The van der Waals surface area contributed by atoms with Crippen LogP contribution in [0, 0.1) is 5.82 Å². The second kappa shape index (κ2) is 10.8. The molecule has 35 heavy (non-hydrogen) atoms. The third-order valence-electron chi connectivity index (χ3n) is 5.82.